The van der Waals surface area contributed by atoms with Gasteiger partial charge in [0.15, 0.2) is 0 Å². The molecular formula is C16H21NO3. The molecule has 4 nitrogen and oxygen atoms in total. The normalized spacial score (nSPS) is 11.0. The molecule has 1 aromatic heterocycles. The Kier molecular flexibility index (Phi) is 4.66. The number of aryl methyl sites for hydroxylation is 1. The molecular weight excluding hydrogens is 254 g/mol. The van der Waals surface area contributed by atoms with Crippen LogP contribution in [-0.4, -0.2) is 23.2 Å². The Morgan fingerprint density at radius 2 is 2.10 bits per heavy atom. The average molecular weight is 275 g/mol. The Morgan fingerprint density at radius 1 is 1.30 bits per heavy atom. The summed E-state index contributed by atoms with van der Waals surface area (Å²) in [6, 6.07) is 8.00. The van der Waals surface area contributed by atoms with E-state index in [9.17, 15) is 4.79 Å². The molecule has 2 rings (SSSR count). The minimum Gasteiger partial charge on any atom is -0.490 e. The molecule has 0 radical (unpaired) electrons. The number of rotatable bonds is 6. The maximum atomic E-state index is 11.4. The van der Waals surface area contributed by atoms with Crippen LogP contribution in [0.1, 0.15) is 27.2 Å². The first-order valence-corrected chi connectivity index (χ1v) is 7.02. The number of nitrogens with zero attached hydrogens (tertiary/aromatic N) is 1. The van der Waals surface area contributed by atoms with Gasteiger partial charge in [-0.1, -0.05) is 6.07 Å². The first-order valence-electron chi connectivity index (χ1n) is 7.02. The van der Waals surface area contributed by atoms with Gasteiger partial charge in [0.25, 0.3) is 0 Å². The van der Waals surface area contributed by atoms with E-state index in [1.807, 2.05) is 51.2 Å². The molecule has 2 aromatic rings. The lowest BCUT2D eigenvalue weighted by atomic mass is 10.2. The van der Waals surface area contributed by atoms with Gasteiger partial charge in [-0.15, -0.1) is 0 Å². The largest absolute Gasteiger partial charge is 0.490 e. The van der Waals surface area contributed by atoms with Crippen LogP contribution in [0.5, 0.6) is 5.75 Å². The summed E-state index contributed by atoms with van der Waals surface area (Å²) in [5.41, 5.74) is 1.08. The molecule has 0 N–H and O–H groups in total. The van der Waals surface area contributed by atoms with E-state index in [0.717, 1.165) is 16.7 Å². The zero-order valence-corrected chi connectivity index (χ0v) is 12.3. The predicted octanol–water partition coefficient (Wildman–Crippen LogP) is 3.38. The minimum absolute atomic E-state index is 0.142. The van der Waals surface area contributed by atoms with Gasteiger partial charge in [-0.3, -0.25) is 4.79 Å². The molecule has 0 fully saturated rings. The molecule has 0 atom stereocenters. The summed E-state index contributed by atoms with van der Waals surface area (Å²) in [5.74, 6) is 0.719. The molecule has 0 spiro atoms. The minimum atomic E-state index is -0.163. The lowest BCUT2D eigenvalue weighted by molar-refractivity contribution is -0.143. The summed E-state index contributed by atoms with van der Waals surface area (Å²) in [6.45, 7) is 6.89. The highest BCUT2D eigenvalue weighted by Crippen LogP contribution is 2.27. The monoisotopic (exact) mass is 275 g/mol. The highest BCUT2D eigenvalue weighted by Gasteiger charge is 2.09. The summed E-state index contributed by atoms with van der Waals surface area (Å²) in [5, 5.41) is 1.07. The molecule has 20 heavy (non-hydrogen) atoms. The number of hydrogen-bond donors (Lipinski definition) is 0. The number of carbonyl (C=O) groups excluding carboxylic acids is 1. The molecule has 1 heterocycles. The van der Waals surface area contributed by atoms with E-state index in [4.69, 9.17) is 9.47 Å². The van der Waals surface area contributed by atoms with Gasteiger partial charge >= 0.3 is 5.97 Å². The van der Waals surface area contributed by atoms with Gasteiger partial charge in [0.05, 0.1) is 24.6 Å². The molecule has 0 aliphatic carbocycles. The Balaban J connectivity index is 2.17. The van der Waals surface area contributed by atoms with E-state index in [1.165, 1.54) is 0 Å². The van der Waals surface area contributed by atoms with Crippen molar-refractivity contribution in [1.29, 1.82) is 0 Å². The van der Waals surface area contributed by atoms with Crippen LogP contribution in [0.2, 0.25) is 0 Å². The Labute approximate surface area is 119 Å². The van der Waals surface area contributed by atoms with Crippen LogP contribution in [-0.2, 0) is 16.1 Å². The summed E-state index contributed by atoms with van der Waals surface area (Å²) in [4.78, 5) is 11.4. The predicted molar refractivity (Wildman–Crippen MR) is 79.0 cm³/mol. The van der Waals surface area contributed by atoms with Crippen molar-refractivity contribution in [2.45, 2.75) is 39.8 Å². The first-order chi connectivity index (χ1) is 9.61. The van der Waals surface area contributed by atoms with Crippen molar-refractivity contribution in [2.24, 2.45) is 0 Å². The van der Waals surface area contributed by atoms with Crippen LogP contribution in [0, 0.1) is 0 Å². The van der Waals surface area contributed by atoms with Gasteiger partial charge in [-0.2, -0.15) is 0 Å². The van der Waals surface area contributed by atoms with Crippen molar-refractivity contribution >= 4 is 16.9 Å². The van der Waals surface area contributed by atoms with Gasteiger partial charge in [0.2, 0.25) is 0 Å². The van der Waals surface area contributed by atoms with Crippen molar-refractivity contribution in [1.82, 2.24) is 4.57 Å². The quantitative estimate of drug-likeness (QED) is 0.759. The van der Waals surface area contributed by atoms with Crippen LogP contribution in [0.3, 0.4) is 0 Å². The summed E-state index contributed by atoms with van der Waals surface area (Å²) in [6.07, 6.45) is 2.51. The number of aromatic nitrogens is 1. The third-order valence-corrected chi connectivity index (χ3v) is 3.00. The summed E-state index contributed by atoms with van der Waals surface area (Å²) < 4.78 is 12.8. The average Bonchev–Trinajstić information content (AvgIpc) is 2.80. The molecule has 0 saturated carbocycles. The van der Waals surface area contributed by atoms with E-state index in [1.54, 1.807) is 0 Å². The maximum absolute atomic E-state index is 11.4. The van der Waals surface area contributed by atoms with E-state index in [2.05, 4.69) is 4.57 Å². The second-order valence-corrected chi connectivity index (χ2v) is 4.92. The number of esters is 1. The number of hydrogen-bond acceptors (Lipinski definition) is 3. The number of benzene rings is 1. The smallest absolute Gasteiger partial charge is 0.307 e. The lowest BCUT2D eigenvalue weighted by Gasteiger charge is -2.11. The Bertz CT molecular complexity index is 586. The van der Waals surface area contributed by atoms with Crippen molar-refractivity contribution in [3.05, 3.63) is 30.5 Å². The number of carbonyl (C=O) groups is 1. The van der Waals surface area contributed by atoms with Gasteiger partial charge in [-0.05, 0) is 39.0 Å². The standard InChI is InChI=1S/C16H21NO3/c1-4-19-16(18)9-11-17-10-8-13-14(17)6-5-7-15(13)20-12(2)3/h5-8,10,12H,4,9,11H2,1-3H3. The Hall–Kier alpha value is -1.97. The fraction of sp³-hybridized carbons (Fsp3) is 0.438. The van der Waals surface area contributed by atoms with Crippen LogP contribution < -0.4 is 4.74 Å². The van der Waals surface area contributed by atoms with Gasteiger partial charge in [0, 0.05) is 18.1 Å². The topological polar surface area (TPSA) is 40.5 Å². The first kappa shape index (κ1) is 14.4. The third-order valence-electron chi connectivity index (χ3n) is 3.00. The van der Waals surface area contributed by atoms with E-state index >= 15 is 0 Å². The number of ether oxygens (including phenoxy) is 2. The van der Waals surface area contributed by atoms with Crippen molar-refractivity contribution in [3.63, 3.8) is 0 Å². The molecule has 108 valence electrons. The van der Waals surface area contributed by atoms with Crippen molar-refractivity contribution < 1.29 is 14.3 Å². The fourth-order valence-electron chi connectivity index (χ4n) is 2.19. The van der Waals surface area contributed by atoms with E-state index in [-0.39, 0.29) is 12.1 Å². The zero-order chi connectivity index (χ0) is 14.5. The summed E-state index contributed by atoms with van der Waals surface area (Å²) in [7, 11) is 0. The molecule has 0 aliphatic rings. The third kappa shape index (κ3) is 3.32. The molecule has 0 amide bonds. The SMILES string of the molecule is CCOC(=O)CCn1ccc2c(OC(C)C)cccc21. The lowest BCUT2D eigenvalue weighted by Crippen LogP contribution is -2.08. The van der Waals surface area contributed by atoms with E-state index in [0.29, 0.717) is 19.6 Å². The molecule has 1 aromatic carbocycles. The van der Waals surface area contributed by atoms with Crippen LogP contribution in [0.25, 0.3) is 10.9 Å². The highest BCUT2D eigenvalue weighted by atomic mass is 16.5. The summed E-state index contributed by atoms with van der Waals surface area (Å²) >= 11 is 0. The Morgan fingerprint density at radius 3 is 2.80 bits per heavy atom. The second kappa shape index (κ2) is 6.46. The van der Waals surface area contributed by atoms with Gasteiger partial charge in [0.1, 0.15) is 5.75 Å². The fourth-order valence-corrected chi connectivity index (χ4v) is 2.19. The van der Waals surface area contributed by atoms with Crippen LogP contribution >= 0.6 is 0 Å². The molecule has 0 saturated heterocycles. The molecule has 0 bridgehead atoms. The van der Waals surface area contributed by atoms with Crippen molar-refractivity contribution in [3.8, 4) is 5.75 Å². The number of fused-ring (bicyclic) bond motifs is 1. The van der Waals surface area contributed by atoms with E-state index < -0.39 is 0 Å². The second-order valence-electron chi connectivity index (χ2n) is 4.92. The van der Waals surface area contributed by atoms with Gasteiger partial charge < -0.3 is 14.0 Å². The van der Waals surface area contributed by atoms with Crippen LogP contribution in [0.4, 0.5) is 0 Å². The molecule has 4 heteroatoms. The van der Waals surface area contributed by atoms with Gasteiger partial charge in [-0.25, -0.2) is 0 Å². The molecule has 0 unspecified atom stereocenters. The molecule has 0 aliphatic heterocycles. The maximum Gasteiger partial charge on any atom is 0.307 e. The zero-order valence-electron chi connectivity index (χ0n) is 12.3. The van der Waals surface area contributed by atoms with Crippen LogP contribution in [0.15, 0.2) is 30.5 Å². The highest BCUT2D eigenvalue weighted by molar-refractivity contribution is 5.86. The van der Waals surface area contributed by atoms with Crippen molar-refractivity contribution in [2.75, 3.05) is 6.61 Å².